The third-order valence-corrected chi connectivity index (χ3v) is 6.39. The highest BCUT2D eigenvalue weighted by atomic mass is 16.5. The van der Waals surface area contributed by atoms with E-state index >= 15 is 0 Å². The van der Waals surface area contributed by atoms with E-state index in [2.05, 4.69) is 34.5 Å². The van der Waals surface area contributed by atoms with E-state index in [1.807, 2.05) is 0 Å². The summed E-state index contributed by atoms with van der Waals surface area (Å²) in [5, 5.41) is 3.42. The largest absolute Gasteiger partial charge is 0.483 e. The molecule has 0 radical (unpaired) electrons. The minimum atomic E-state index is -0.0702. The van der Waals surface area contributed by atoms with Gasteiger partial charge in [0.1, 0.15) is 18.1 Å². The van der Waals surface area contributed by atoms with Crippen LogP contribution >= 0.6 is 0 Å². The van der Waals surface area contributed by atoms with Gasteiger partial charge in [-0.3, -0.25) is 9.69 Å². The Hall–Kier alpha value is -2.11. The smallest absolute Gasteiger partial charge is 0.227 e. The van der Waals surface area contributed by atoms with Gasteiger partial charge in [-0.2, -0.15) is 0 Å². The van der Waals surface area contributed by atoms with Crippen molar-refractivity contribution in [3.63, 3.8) is 0 Å². The van der Waals surface area contributed by atoms with Gasteiger partial charge in [-0.15, -0.1) is 0 Å². The molecule has 0 bridgehead atoms. The van der Waals surface area contributed by atoms with Gasteiger partial charge in [-0.05, 0) is 48.8 Å². The number of fused-ring (bicyclic) bond motifs is 1. The molecule has 0 amide bonds. The molecule has 3 heterocycles. The van der Waals surface area contributed by atoms with Crippen molar-refractivity contribution in [3.8, 4) is 5.75 Å². The van der Waals surface area contributed by atoms with Crippen molar-refractivity contribution < 1.29 is 9.15 Å². The molecule has 0 unspecified atom stereocenters. The van der Waals surface area contributed by atoms with Gasteiger partial charge in [0.2, 0.25) is 11.2 Å². The molecular formula is C22H26N2O3. The number of nitrogens with one attached hydrogen (secondary N) is 1. The maximum Gasteiger partial charge on any atom is 0.227 e. The highest BCUT2D eigenvalue weighted by molar-refractivity contribution is 5.29. The molecule has 1 aliphatic carbocycles. The number of rotatable bonds is 4. The number of nitrogens with zero attached hydrogens (tertiary/aromatic N) is 1. The van der Waals surface area contributed by atoms with Crippen molar-refractivity contribution >= 4 is 0 Å². The van der Waals surface area contributed by atoms with Crippen LogP contribution in [0.2, 0.25) is 0 Å². The van der Waals surface area contributed by atoms with Crippen molar-refractivity contribution in [2.75, 3.05) is 19.6 Å². The monoisotopic (exact) mass is 366 g/mol. The first kappa shape index (κ1) is 17.0. The van der Waals surface area contributed by atoms with Gasteiger partial charge in [0.15, 0.2) is 0 Å². The lowest BCUT2D eigenvalue weighted by Crippen LogP contribution is -2.45. The van der Waals surface area contributed by atoms with Crippen LogP contribution < -0.4 is 15.5 Å². The van der Waals surface area contributed by atoms with E-state index in [-0.39, 0.29) is 11.5 Å². The van der Waals surface area contributed by atoms with Crippen molar-refractivity contribution in [2.24, 2.45) is 5.41 Å². The normalized spacial score (nSPS) is 27.3. The van der Waals surface area contributed by atoms with Crippen LogP contribution in [-0.4, -0.2) is 30.6 Å². The highest BCUT2D eigenvalue weighted by Crippen LogP contribution is 2.46. The topological polar surface area (TPSA) is 54.7 Å². The zero-order chi connectivity index (χ0) is 18.3. The van der Waals surface area contributed by atoms with E-state index in [9.17, 15) is 4.79 Å². The van der Waals surface area contributed by atoms with E-state index in [0.717, 1.165) is 45.4 Å². The van der Waals surface area contributed by atoms with Crippen molar-refractivity contribution in [2.45, 2.75) is 44.9 Å². The second-order valence-corrected chi connectivity index (χ2v) is 8.38. The van der Waals surface area contributed by atoms with Crippen LogP contribution in [0.1, 0.15) is 36.1 Å². The van der Waals surface area contributed by atoms with Crippen molar-refractivity contribution in [1.82, 2.24) is 10.2 Å². The molecule has 1 spiro atoms. The molecule has 1 aromatic carbocycles. The van der Waals surface area contributed by atoms with Crippen LogP contribution in [0.15, 0.2) is 45.8 Å². The van der Waals surface area contributed by atoms with Crippen LogP contribution in [0.25, 0.3) is 0 Å². The number of hydrogen-bond donors (Lipinski definition) is 1. The summed E-state index contributed by atoms with van der Waals surface area (Å²) in [4.78, 5) is 14.8. The Morgan fingerprint density at radius 2 is 2.11 bits per heavy atom. The molecule has 5 heteroatoms. The van der Waals surface area contributed by atoms with Crippen LogP contribution in [0.4, 0.5) is 0 Å². The average Bonchev–Trinajstić information content (AvgIpc) is 3.13. The van der Waals surface area contributed by atoms with Gasteiger partial charge in [0, 0.05) is 25.7 Å². The molecule has 3 aliphatic rings. The Balaban J connectivity index is 1.20. The van der Waals surface area contributed by atoms with Crippen molar-refractivity contribution in [1.29, 1.82) is 0 Å². The van der Waals surface area contributed by atoms with Crippen molar-refractivity contribution in [3.05, 3.63) is 63.7 Å². The zero-order valence-corrected chi connectivity index (χ0v) is 15.6. The summed E-state index contributed by atoms with van der Waals surface area (Å²) in [5.74, 6) is 1.06. The molecule has 2 aliphatic heterocycles. The summed E-state index contributed by atoms with van der Waals surface area (Å²) < 4.78 is 11.6. The third-order valence-electron chi connectivity index (χ3n) is 6.39. The molecule has 27 heavy (non-hydrogen) atoms. The Bertz CT molecular complexity index is 877. The fourth-order valence-corrected chi connectivity index (χ4v) is 4.83. The Kier molecular flexibility index (Phi) is 4.29. The predicted octanol–water partition coefficient (Wildman–Crippen LogP) is 2.72. The standard InChI is InChI=1S/C22H26N2O3/c25-20-9-18(13-24-8-5-16-3-1-2-4-17(16)12-24)26-14-21(20)27-19-10-22(11-19)6-7-23-15-22/h1-4,9,14,19,23H,5-8,10-13,15H2. The van der Waals surface area contributed by atoms with E-state index < -0.39 is 0 Å². The quantitative estimate of drug-likeness (QED) is 0.902. The Morgan fingerprint density at radius 3 is 2.89 bits per heavy atom. The fourth-order valence-electron chi connectivity index (χ4n) is 4.83. The maximum atomic E-state index is 12.5. The van der Waals surface area contributed by atoms with E-state index in [4.69, 9.17) is 9.15 Å². The summed E-state index contributed by atoms with van der Waals surface area (Å²) in [5.41, 5.74) is 3.13. The number of benzene rings is 1. The molecular weight excluding hydrogens is 340 g/mol. The van der Waals surface area contributed by atoms with E-state index in [1.165, 1.54) is 23.8 Å². The van der Waals surface area contributed by atoms with Gasteiger partial charge in [-0.25, -0.2) is 0 Å². The summed E-state index contributed by atoms with van der Waals surface area (Å²) in [6.45, 7) is 4.72. The Labute approximate surface area is 159 Å². The molecule has 1 saturated carbocycles. The van der Waals surface area contributed by atoms with Crippen LogP contribution in [0, 0.1) is 5.41 Å². The molecule has 1 N–H and O–H groups in total. The number of ether oxygens (including phenoxy) is 1. The lowest BCUT2D eigenvalue weighted by atomic mass is 9.66. The minimum absolute atomic E-state index is 0.0702. The summed E-state index contributed by atoms with van der Waals surface area (Å²) >= 11 is 0. The van der Waals surface area contributed by atoms with Gasteiger partial charge in [0.05, 0.1) is 6.54 Å². The lowest BCUT2D eigenvalue weighted by Gasteiger charge is -2.44. The van der Waals surface area contributed by atoms with Gasteiger partial charge in [-0.1, -0.05) is 24.3 Å². The molecule has 2 fully saturated rings. The zero-order valence-electron chi connectivity index (χ0n) is 15.6. The van der Waals surface area contributed by atoms with Gasteiger partial charge >= 0.3 is 0 Å². The molecule has 142 valence electrons. The summed E-state index contributed by atoms with van der Waals surface area (Å²) in [6.07, 6.45) is 5.99. The van der Waals surface area contributed by atoms with Gasteiger partial charge in [0.25, 0.3) is 0 Å². The molecule has 5 nitrogen and oxygen atoms in total. The molecule has 1 saturated heterocycles. The maximum absolute atomic E-state index is 12.5. The Morgan fingerprint density at radius 1 is 1.26 bits per heavy atom. The molecule has 1 aromatic heterocycles. The number of hydrogen-bond acceptors (Lipinski definition) is 5. The fraction of sp³-hybridized carbons (Fsp3) is 0.500. The van der Waals surface area contributed by atoms with Crippen LogP contribution in [0.5, 0.6) is 5.75 Å². The molecule has 2 aromatic rings. The SMILES string of the molecule is O=c1cc(CN2CCc3ccccc3C2)occ1OC1CC2(CCNC2)C1. The summed E-state index contributed by atoms with van der Waals surface area (Å²) in [7, 11) is 0. The second kappa shape index (κ2) is 6.80. The highest BCUT2D eigenvalue weighted by Gasteiger charge is 2.47. The molecule has 0 atom stereocenters. The lowest BCUT2D eigenvalue weighted by molar-refractivity contribution is -0.00311. The van der Waals surface area contributed by atoms with Crippen LogP contribution in [-0.2, 0) is 19.5 Å². The second-order valence-electron chi connectivity index (χ2n) is 8.38. The van der Waals surface area contributed by atoms with Crippen LogP contribution in [0.3, 0.4) is 0 Å². The van der Waals surface area contributed by atoms with Gasteiger partial charge < -0.3 is 14.5 Å². The predicted molar refractivity (Wildman–Crippen MR) is 103 cm³/mol. The van der Waals surface area contributed by atoms with E-state index in [1.54, 1.807) is 6.07 Å². The van der Waals surface area contributed by atoms with E-state index in [0.29, 0.717) is 23.5 Å². The first-order valence-electron chi connectivity index (χ1n) is 9.97. The minimum Gasteiger partial charge on any atom is -0.483 e. The summed E-state index contributed by atoms with van der Waals surface area (Å²) in [6, 6.07) is 10.2. The third kappa shape index (κ3) is 3.42. The average molecular weight is 366 g/mol. The molecule has 5 rings (SSSR count). The first-order chi connectivity index (χ1) is 13.2. The first-order valence-corrected chi connectivity index (χ1v) is 9.97.